The van der Waals surface area contributed by atoms with Crippen molar-refractivity contribution in [3.63, 3.8) is 0 Å². The monoisotopic (exact) mass is 369 g/mol. The molecule has 4 heterocycles. The fraction of sp³-hybridized carbons (Fsp3) is 0.474. The van der Waals surface area contributed by atoms with Gasteiger partial charge in [-0.2, -0.15) is 0 Å². The number of nitrogen functional groups attached to an aromatic ring is 1. The lowest BCUT2D eigenvalue weighted by Gasteiger charge is -2.43. The Morgan fingerprint density at radius 2 is 2.11 bits per heavy atom. The number of amides is 1. The van der Waals surface area contributed by atoms with Gasteiger partial charge in [-0.15, -0.1) is 0 Å². The fourth-order valence-corrected chi connectivity index (χ4v) is 4.19. The molecule has 2 aliphatic heterocycles. The van der Waals surface area contributed by atoms with Crippen LogP contribution in [0.15, 0.2) is 29.3 Å². The number of piperidine rings is 1. The quantitative estimate of drug-likeness (QED) is 0.858. The number of carbonyl (C=O) groups is 1. The molecule has 2 N–H and O–H groups in total. The topological polar surface area (TPSA) is 103 Å². The normalized spacial score (nSPS) is 21.0. The first-order chi connectivity index (χ1) is 13.0. The summed E-state index contributed by atoms with van der Waals surface area (Å²) in [5.74, 6) is 0.935. The average Bonchev–Trinajstić information content (AvgIpc) is 2.66. The molecule has 0 radical (unpaired) electrons. The second-order valence-corrected chi connectivity index (χ2v) is 7.29. The van der Waals surface area contributed by atoms with Crippen molar-refractivity contribution in [1.29, 1.82) is 0 Å². The Hall–Kier alpha value is -2.74. The molecule has 27 heavy (non-hydrogen) atoms. The third-order valence-electron chi connectivity index (χ3n) is 5.41. The highest BCUT2D eigenvalue weighted by Crippen LogP contribution is 2.36. The Morgan fingerprint density at radius 3 is 2.89 bits per heavy atom. The number of ether oxygens (including phenoxy) is 1. The van der Waals surface area contributed by atoms with Crippen molar-refractivity contribution in [2.24, 2.45) is 5.92 Å². The summed E-state index contributed by atoms with van der Waals surface area (Å²) in [6.07, 6.45) is 2.78. The number of nitrogens with zero attached hydrogens (tertiary/aromatic N) is 4. The minimum atomic E-state index is -0.0338. The Morgan fingerprint density at radius 1 is 1.26 bits per heavy atom. The van der Waals surface area contributed by atoms with E-state index >= 15 is 0 Å². The fourth-order valence-electron chi connectivity index (χ4n) is 4.19. The summed E-state index contributed by atoms with van der Waals surface area (Å²) >= 11 is 0. The van der Waals surface area contributed by atoms with Crippen LogP contribution in [0.5, 0.6) is 0 Å². The summed E-state index contributed by atoms with van der Waals surface area (Å²) in [6.45, 7) is 2.41. The molecule has 1 saturated heterocycles. The van der Waals surface area contributed by atoms with Crippen LogP contribution >= 0.6 is 0 Å². The summed E-state index contributed by atoms with van der Waals surface area (Å²) in [6, 6.07) is 5.28. The zero-order valence-corrected chi connectivity index (χ0v) is 15.3. The van der Waals surface area contributed by atoms with Gasteiger partial charge < -0.3 is 19.9 Å². The van der Waals surface area contributed by atoms with Crippen molar-refractivity contribution in [1.82, 2.24) is 19.4 Å². The number of likely N-dealkylation sites (tertiary alicyclic amines) is 1. The molecule has 2 aromatic rings. The lowest BCUT2D eigenvalue weighted by molar-refractivity contribution is -0.134. The SMILES string of the molecule is COCCC(=O)N1C[C@@H]2C[C@H](C1)c1cc(-c3cc(N)ncn3)cc(=O)n1C2. The highest BCUT2D eigenvalue weighted by molar-refractivity contribution is 5.76. The number of pyridine rings is 1. The highest BCUT2D eigenvalue weighted by Gasteiger charge is 2.36. The Bertz CT molecular complexity index is 926. The zero-order chi connectivity index (χ0) is 19.0. The summed E-state index contributed by atoms with van der Waals surface area (Å²) in [5, 5.41) is 0. The van der Waals surface area contributed by atoms with Crippen molar-refractivity contribution in [3.05, 3.63) is 40.6 Å². The molecule has 2 atom stereocenters. The Balaban J connectivity index is 1.66. The van der Waals surface area contributed by atoms with E-state index in [9.17, 15) is 9.59 Å². The molecule has 142 valence electrons. The van der Waals surface area contributed by atoms with Gasteiger partial charge in [-0.1, -0.05) is 0 Å². The van der Waals surface area contributed by atoms with Crippen molar-refractivity contribution >= 4 is 11.7 Å². The van der Waals surface area contributed by atoms with Crippen LogP contribution in [0.3, 0.4) is 0 Å². The van der Waals surface area contributed by atoms with E-state index in [0.29, 0.717) is 50.1 Å². The zero-order valence-electron chi connectivity index (χ0n) is 15.3. The first-order valence-corrected chi connectivity index (χ1v) is 9.14. The number of carbonyl (C=O) groups excluding carboxylic acids is 1. The molecule has 0 aliphatic carbocycles. The number of hydrogen-bond acceptors (Lipinski definition) is 6. The maximum Gasteiger partial charge on any atom is 0.251 e. The number of hydrogen-bond donors (Lipinski definition) is 1. The maximum absolute atomic E-state index is 12.7. The molecule has 8 nitrogen and oxygen atoms in total. The molecule has 4 rings (SSSR count). The molecule has 1 fully saturated rings. The Kier molecular flexibility index (Phi) is 4.65. The summed E-state index contributed by atoms with van der Waals surface area (Å²) in [7, 11) is 1.60. The number of aromatic nitrogens is 3. The van der Waals surface area contributed by atoms with Gasteiger partial charge in [-0.25, -0.2) is 9.97 Å². The maximum atomic E-state index is 12.7. The second kappa shape index (κ2) is 7.11. The van der Waals surface area contributed by atoms with Crippen LogP contribution in [0.25, 0.3) is 11.3 Å². The van der Waals surface area contributed by atoms with Gasteiger partial charge in [0.1, 0.15) is 12.1 Å². The largest absolute Gasteiger partial charge is 0.384 e. The molecule has 8 heteroatoms. The van der Waals surface area contributed by atoms with E-state index in [4.69, 9.17) is 10.5 Å². The van der Waals surface area contributed by atoms with Gasteiger partial charge in [0.2, 0.25) is 5.91 Å². The third-order valence-corrected chi connectivity index (χ3v) is 5.41. The molecule has 2 aliphatic rings. The lowest BCUT2D eigenvalue weighted by Crippen LogP contribution is -2.49. The van der Waals surface area contributed by atoms with Crippen molar-refractivity contribution < 1.29 is 9.53 Å². The van der Waals surface area contributed by atoms with E-state index in [-0.39, 0.29) is 17.4 Å². The molecule has 0 unspecified atom stereocenters. The van der Waals surface area contributed by atoms with Gasteiger partial charge in [0, 0.05) is 56.1 Å². The van der Waals surface area contributed by atoms with Crippen LogP contribution < -0.4 is 11.3 Å². The standard InChI is InChI=1S/C19H23N5O3/c1-27-3-2-18(25)23-8-12-4-14(10-23)16-5-13(6-19(26)24(16)9-12)15-7-17(20)22-11-21-15/h5-7,11-12,14H,2-4,8-10H2,1H3,(H2,20,21,22)/t12-,14+/m0/s1. The van der Waals surface area contributed by atoms with Gasteiger partial charge in [0.25, 0.3) is 5.56 Å². The number of methoxy groups -OCH3 is 1. The number of fused-ring (bicyclic) bond motifs is 4. The molecule has 0 spiro atoms. The van der Waals surface area contributed by atoms with Crippen molar-refractivity contribution in [2.45, 2.75) is 25.3 Å². The average molecular weight is 369 g/mol. The van der Waals surface area contributed by atoms with Crippen LogP contribution in [0.4, 0.5) is 5.82 Å². The molecule has 0 saturated carbocycles. The van der Waals surface area contributed by atoms with E-state index in [1.165, 1.54) is 6.33 Å². The van der Waals surface area contributed by atoms with Crippen LogP contribution in [0.1, 0.15) is 24.5 Å². The van der Waals surface area contributed by atoms with E-state index < -0.39 is 0 Å². The minimum absolute atomic E-state index is 0.0338. The first kappa shape index (κ1) is 17.7. The second-order valence-electron chi connectivity index (χ2n) is 7.29. The molecule has 2 bridgehead atoms. The number of rotatable bonds is 4. The van der Waals surface area contributed by atoms with Gasteiger partial charge in [0.15, 0.2) is 0 Å². The molecule has 0 aromatic carbocycles. The van der Waals surface area contributed by atoms with Crippen LogP contribution in [-0.4, -0.2) is 52.1 Å². The smallest absolute Gasteiger partial charge is 0.251 e. The van der Waals surface area contributed by atoms with Crippen LogP contribution in [0, 0.1) is 5.92 Å². The summed E-state index contributed by atoms with van der Waals surface area (Å²) < 4.78 is 6.88. The minimum Gasteiger partial charge on any atom is -0.384 e. The predicted octanol–water partition coefficient (Wildman–Crippen LogP) is 0.870. The van der Waals surface area contributed by atoms with Crippen LogP contribution in [0.2, 0.25) is 0 Å². The molecule has 2 aromatic heterocycles. The van der Waals surface area contributed by atoms with Gasteiger partial charge in [-0.05, 0) is 18.4 Å². The van der Waals surface area contributed by atoms with E-state index in [1.807, 2.05) is 15.5 Å². The van der Waals surface area contributed by atoms with Gasteiger partial charge in [0.05, 0.1) is 18.7 Å². The third kappa shape index (κ3) is 3.44. The first-order valence-electron chi connectivity index (χ1n) is 9.14. The van der Waals surface area contributed by atoms with E-state index in [0.717, 1.165) is 17.7 Å². The number of nitrogens with two attached hydrogens (primary N) is 1. The van der Waals surface area contributed by atoms with Crippen molar-refractivity contribution in [3.8, 4) is 11.3 Å². The van der Waals surface area contributed by atoms with Gasteiger partial charge >= 0.3 is 0 Å². The summed E-state index contributed by atoms with van der Waals surface area (Å²) in [4.78, 5) is 35.2. The molecule has 1 amide bonds. The van der Waals surface area contributed by atoms with E-state index in [1.54, 1.807) is 19.2 Å². The van der Waals surface area contributed by atoms with E-state index in [2.05, 4.69) is 9.97 Å². The Labute approximate surface area is 157 Å². The summed E-state index contributed by atoms with van der Waals surface area (Å²) in [5.41, 5.74) is 8.06. The van der Waals surface area contributed by atoms with Crippen molar-refractivity contribution in [2.75, 3.05) is 32.5 Å². The number of anilines is 1. The highest BCUT2D eigenvalue weighted by atomic mass is 16.5. The van der Waals surface area contributed by atoms with Crippen LogP contribution in [-0.2, 0) is 16.1 Å². The lowest BCUT2D eigenvalue weighted by atomic mass is 9.82. The van der Waals surface area contributed by atoms with Gasteiger partial charge in [-0.3, -0.25) is 9.59 Å². The molecular weight excluding hydrogens is 346 g/mol. The predicted molar refractivity (Wildman–Crippen MR) is 100 cm³/mol. The molecular formula is C19H23N5O3.